The Morgan fingerprint density at radius 3 is 2.88 bits per heavy atom. The van der Waals surface area contributed by atoms with Crippen molar-refractivity contribution in [3.8, 4) is 0 Å². The molecule has 1 aromatic heterocycles. The molecule has 0 fully saturated rings. The summed E-state index contributed by atoms with van der Waals surface area (Å²) in [5, 5.41) is 8.94. The highest BCUT2D eigenvalue weighted by atomic mass is 16.5. The van der Waals surface area contributed by atoms with Gasteiger partial charge in [-0.25, -0.2) is 4.98 Å². The van der Waals surface area contributed by atoms with E-state index in [9.17, 15) is 0 Å². The van der Waals surface area contributed by atoms with Gasteiger partial charge in [-0.15, -0.1) is 0 Å². The smallest absolute Gasteiger partial charge is 0.123 e. The molecule has 1 rings (SSSR count). The minimum atomic E-state index is 0.131. The van der Waals surface area contributed by atoms with Crippen LogP contribution in [-0.4, -0.2) is 48.4 Å². The van der Waals surface area contributed by atoms with Gasteiger partial charge in [0.1, 0.15) is 5.82 Å². The molecule has 0 saturated carbocycles. The van der Waals surface area contributed by atoms with Crippen molar-refractivity contribution in [1.29, 1.82) is 0 Å². The Hall–Kier alpha value is -1.17. The molecule has 0 spiro atoms. The maximum absolute atomic E-state index is 8.94. The zero-order valence-corrected chi connectivity index (χ0v) is 9.59. The molecule has 1 aromatic rings. The van der Waals surface area contributed by atoms with E-state index in [1.807, 2.05) is 12.1 Å². The predicted octanol–water partition coefficient (Wildman–Crippen LogP) is 0.104. The molecule has 5 nitrogen and oxygen atoms in total. The maximum Gasteiger partial charge on any atom is 0.123 e. The van der Waals surface area contributed by atoms with Crippen LogP contribution < -0.4 is 5.73 Å². The van der Waals surface area contributed by atoms with E-state index in [0.717, 1.165) is 12.2 Å². The second-order valence-corrected chi connectivity index (χ2v) is 3.55. The Balaban J connectivity index is 2.52. The lowest BCUT2D eigenvalue weighted by Crippen LogP contribution is -2.30. The fourth-order valence-corrected chi connectivity index (χ4v) is 1.45. The van der Waals surface area contributed by atoms with Gasteiger partial charge in [-0.3, -0.25) is 4.90 Å². The third-order valence-electron chi connectivity index (χ3n) is 2.24. The molecule has 0 radical (unpaired) electrons. The highest BCUT2D eigenvalue weighted by molar-refractivity contribution is 5.28. The number of nitrogen functional groups attached to an aromatic ring is 1. The summed E-state index contributed by atoms with van der Waals surface area (Å²) in [7, 11) is 1.66. The number of aliphatic hydroxyl groups is 1. The number of anilines is 1. The Bertz CT molecular complexity index is 307. The number of nitrogens with two attached hydrogens (primary N) is 1. The molecule has 0 saturated heterocycles. The van der Waals surface area contributed by atoms with E-state index in [2.05, 4.69) is 9.88 Å². The minimum Gasteiger partial charge on any atom is -0.395 e. The average Bonchev–Trinajstić information content (AvgIpc) is 2.26. The van der Waals surface area contributed by atoms with Crippen molar-refractivity contribution in [2.24, 2.45) is 0 Å². The second-order valence-electron chi connectivity index (χ2n) is 3.55. The van der Waals surface area contributed by atoms with E-state index in [-0.39, 0.29) is 6.61 Å². The molecule has 5 heteroatoms. The Morgan fingerprint density at radius 1 is 1.44 bits per heavy atom. The molecule has 90 valence electrons. The molecule has 0 bridgehead atoms. The quantitative estimate of drug-likeness (QED) is 0.689. The minimum absolute atomic E-state index is 0.131. The zero-order chi connectivity index (χ0) is 11.8. The lowest BCUT2D eigenvalue weighted by atomic mass is 10.3. The summed E-state index contributed by atoms with van der Waals surface area (Å²) in [6.07, 6.45) is 0. The van der Waals surface area contributed by atoms with Crippen molar-refractivity contribution >= 4 is 5.82 Å². The molecule has 3 N–H and O–H groups in total. The Labute approximate surface area is 95.8 Å². The number of rotatable bonds is 7. The number of hydrogen-bond acceptors (Lipinski definition) is 5. The molecule has 0 aliphatic rings. The Morgan fingerprint density at radius 2 is 2.25 bits per heavy atom. The fraction of sp³-hybridized carbons (Fsp3) is 0.545. The van der Waals surface area contributed by atoms with Crippen LogP contribution in [0.1, 0.15) is 5.69 Å². The monoisotopic (exact) mass is 225 g/mol. The lowest BCUT2D eigenvalue weighted by molar-refractivity contribution is 0.126. The molecular weight excluding hydrogens is 206 g/mol. The van der Waals surface area contributed by atoms with E-state index in [1.165, 1.54) is 0 Å². The first-order valence-corrected chi connectivity index (χ1v) is 5.30. The number of methoxy groups -OCH3 is 1. The van der Waals surface area contributed by atoms with Crippen molar-refractivity contribution in [1.82, 2.24) is 9.88 Å². The third kappa shape index (κ3) is 4.57. The largest absolute Gasteiger partial charge is 0.395 e. The molecule has 0 aliphatic heterocycles. The van der Waals surface area contributed by atoms with Gasteiger partial charge in [0.25, 0.3) is 0 Å². The summed E-state index contributed by atoms with van der Waals surface area (Å²) in [5.74, 6) is 0.521. The van der Waals surface area contributed by atoms with Gasteiger partial charge in [-0.05, 0) is 12.1 Å². The van der Waals surface area contributed by atoms with Gasteiger partial charge < -0.3 is 15.6 Å². The molecule has 0 aliphatic carbocycles. The first-order chi connectivity index (χ1) is 7.76. The number of ether oxygens (including phenoxy) is 1. The summed E-state index contributed by atoms with van der Waals surface area (Å²) in [5.41, 5.74) is 6.51. The number of nitrogens with zero attached hydrogens (tertiary/aromatic N) is 2. The number of aromatic nitrogens is 1. The van der Waals surface area contributed by atoms with Crippen molar-refractivity contribution in [3.05, 3.63) is 23.9 Å². The highest BCUT2D eigenvalue weighted by Crippen LogP contribution is 2.04. The van der Waals surface area contributed by atoms with Gasteiger partial charge in [0.2, 0.25) is 0 Å². The second kappa shape index (κ2) is 7.16. The van der Waals surface area contributed by atoms with Crippen molar-refractivity contribution in [2.75, 3.05) is 39.1 Å². The average molecular weight is 225 g/mol. The summed E-state index contributed by atoms with van der Waals surface area (Å²) in [4.78, 5) is 6.29. The summed E-state index contributed by atoms with van der Waals surface area (Å²) in [6.45, 7) is 2.83. The van der Waals surface area contributed by atoms with Crippen LogP contribution in [0.15, 0.2) is 18.2 Å². The van der Waals surface area contributed by atoms with Crippen LogP contribution in [0.4, 0.5) is 5.82 Å². The zero-order valence-electron chi connectivity index (χ0n) is 9.59. The molecule has 0 amide bonds. The summed E-state index contributed by atoms with van der Waals surface area (Å²) >= 11 is 0. The molecule has 1 heterocycles. The van der Waals surface area contributed by atoms with Gasteiger partial charge in [-0.2, -0.15) is 0 Å². The molecule has 0 aromatic carbocycles. The van der Waals surface area contributed by atoms with Crippen LogP contribution in [0.5, 0.6) is 0 Å². The van der Waals surface area contributed by atoms with Crippen molar-refractivity contribution in [3.63, 3.8) is 0 Å². The number of pyridine rings is 1. The summed E-state index contributed by atoms with van der Waals surface area (Å²) < 4.78 is 5.01. The number of hydrogen-bond donors (Lipinski definition) is 2. The van der Waals surface area contributed by atoms with Crippen LogP contribution in [-0.2, 0) is 11.3 Å². The van der Waals surface area contributed by atoms with Crippen LogP contribution >= 0.6 is 0 Å². The van der Waals surface area contributed by atoms with Crippen LogP contribution in [0.2, 0.25) is 0 Å². The molecular formula is C11H19N3O2. The van der Waals surface area contributed by atoms with Gasteiger partial charge in [0.05, 0.1) is 18.9 Å². The molecule has 0 unspecified atom stereocenters. The van der Waals surface area contributed by atoms with E-state index < -0.39 is 0 Å². The first kappa shape index (κ1) is 12.9. The van der Waals surface area contributed by atoms with E-state index in [1.54, 1.807) is 13.2 Å². The van der Waals surface area contributed by atoms with Crippen LogP contribution in [0, 0.1) is 0 Å². The summed E-state index contributed by atoms with van der Waals surface area (Å²) in [6, 6.07) is 5.56. The lowest BCUT2D eigenvalue weighted by Gasteiger charge is -2.20. The SMILES string of the molecule is COCCN(CCO)Cc1cccc(N)n1. The number of aliphatic hydroxyl groups excluding tert-OH is 1. The van der Waals surface area contributed by atoms with Gasteiger partial charge in [0, 0.05) is 26.7 Å². The first-order valence-electron chi connectivity index (χ1n) is 5.30. The van der Waals surface area contributed by atoms with Crippen LogP contribution in [0.3, 0.4) is 0 Å². The predicted molar refractivity (Wildman–Crippen MR) is 62.9 cm³/mol. The normalized spacial score (nSPS) is 10.9. The maximum atomic E-state index is 8.94. The Kier molecular flexibility index (Phi) is 5.77. The van der Waals surface area contributed by atoms with Crippen molar-refractivity contribution in [2.45, 2.75) is 6.54 Å². The topological polar surface area (TPSA) is 71.6 Å². The standard InChI is InChI=1S/C11H19N3O2/c1-16-8-6-14(5-7-15)9-10-3-2-4-11(12)13-10/h2-4,15H,5-9H2,1H3,(H2,12,13). The van der Waals surface area contributed by atoms with E-state index >= 15 is 0 Å². The van der Waals surface area contributed by atoms with Crippen LogP contribution in [0.25, 0.3) is 0 Å². The van der Waals surface area contributed by atoms with Gasteiger partial charge >= 0.3 is 0 Å². The highest BCUT2D eigenvalue weighted by Gasteiger charge is 2.06. The molecule has 0 atom stereocenters. The third-order valence-corrected chi connectivity index (χ3v) is 2.24. The molecule has 16 heavy (non-hydrogen) atoms. The van der Waals surface area contributed by atoms with Gasteiger partial charge in [-0.1, -0.05) is 6.07 Å². The van der Waals surface area contributed by atoms with Crippen molar-refractivity contribution < 1.29 is 9.84 Å². The van der Waals surface area contributed by atoms with Gasteiger partial charge in [0.15, 0.2) is 0 Å². The van der Waals surface area contributed by atoms with E-state index in [4.69, 9.17) is 15.6 Å². The fourth-order valence-electron chi connectivity index (χ4n) is 1.45. The van der Waals surface area contributed by atoms with E-state index in [0.29, 0.717) is 25.5 Å².